The summed E-state index contributed by atoms with van der Waals surface area (Å²) in [7, 11) is 3.33. The molecule has 1 aromatic carbocycles. The lowest BCUT2D eigenvalue weighted by Crippen LogP contribution is -2.54. The van der Waals surface area contributed by atoms with Crippen LogP contribution in [-0.4, -0.2) is 62.4 Å². The molecule has 1 aromatic heterocycles. The number of rotatable bonds is 4. The van der Waals surface area contributed by atoms with Gasteiger partial charge in [-0.1, -0.05) is 6.58 Å². The molecule has 0 aliphatic carbocycles. The number of fused-ring (bicyclic) bond motifs is 1. The highest BCUT2D eigenvalue weighted by Gasteiger charge is 2.37. The summed E-state index contributed by atoms with van der Waals surface area (Å²) < 4.78 is 1.86. The highest BCUT2D eigenvalue weighted by atomic mass is 16.2. The summed E-state index contributed by atoms with van der Waals surface area (Å²) in [4.78, 5) is 40.2. The van der Waals surface area contributed by atoms with E-state index in [0.29, 0.717) is 29.4 Å². The Balaban J connectivity index is 1.88. The van der Waals surface area contributed by atoms with E-state index in [4.69, 9.17) is 0 Å². The van der Waals surface area contributed by atoms with Crippen LogP contribution in [0, 0.1) is 6.92 Å². The number of hydrogen-bond donors (Lipinski definition) is 1. The number of nitrogens with one attached hydrogen (secondary N) is 1. The number of anilines is 1. The molecule has 28 heavy (non-hydrogen) atoms. The van der Waals surface area contributed by atoms with Crippen LogP contribution in [0.2, 0.25) is 0 Å². The van der Waals surface area contributed by atoms with E-state index in [1.807, 2.05) is 11.5 Å². The predicted molar refractivity (Wildman–Crippen MR) is 102 cm³/mol. The average molecular weight is 382 g/mol. The van der Waals surface area contributed by atoms with Gasteiger partial charge in [-0.25, -0.2) is 0 Å². The molecule has 1 aliphatic rings. The minimum atomic E-state index is -0.648. The van der Waals surface area contributed by atoms with Crippen molar-refractivity contribution in [3.63, 3.8) is 0 Å². The van der Waals surface area contributed by atoms with Crippen molar-refractivity contribution in [2.45, 2.75) is 26.1 Å². The Hall–Kier alpha value is -3.49. The normalized spacial score (nSPS) is 15.5. The van der Waals surface area contributed by atoms with E-state index in [2.05, 4.69) is 22.1 Å². The molecule has 1 unspecified atom stereocenters. The van der Waals surface area contributed by atoms with Crippen LogP contribution in [0.5, 0.6) is 0 Å². The largest absolute Gasteiger partial charge is 0.347 e. The van der Waals surface area contributed by atoms with Crippen LogP contribution in [0.1, 0.15) is 22.0 Å². The van der Waals surface area contributed by atoms with Crippen LogP contribution in [-0.2, 0) is 22.7 Å². The lowest BCUT2D eigenvalue weighted by Gasteiger charge is -2.36. The summed E-state index contributed by atoms with van der Waals surface area (Å²) in [6.45, 7) is 5.73. The lowest BCUT2D eigenvalue weighted by molar-refractivity contribution is -0.135. The molecule has 0 fully saturated rings. The molecular weight excluding hydrogens is 360 g/mol. The number of carbonyl (C=O) groups is 3. The van der Waals surface area contributed by atoms with Crippen molar-refractivity contribution in [1.82, 2.24) is 24.6 Å². The third-order valence-electron chi connectivity index (χ3n) is 4.63. The molecule has 1 N–H and O–H groups in total. The summed E-state index contributed by atoms with van der Waals surface area (Å²) in [6, 6.07) is 5.85. The fourth-order valence-electron chi connectivity index (χ4n) is 3.09. The molecule has 1 aliphatic heterocycles. The Labute approximate surface area is 162 Å². The molecule has 2 aromatic rings. The van der Waals surface area contributed by atoms with Crippen molar-refractivity contribution in [3.05, 3.63) is 54.1 Å². The number of nitrogens with zero attached hydrogens (tertiary/aromatic N) is 5. The summed E-state index contributed by atoms with van der Waals surface area (Å²) in [6.07, 6.45) is 1.17. The average Bonchev–Trinajstić information content (AvgIpc) is 3.06. The molecule has 0 bridgehead atoms. The van der Waals surface area contributed by atoms with Crippen molar-refractivity contribution >= 4 is 23.4 Å². The van der Waals surface area contributed by atoms with E-state index in [0.717, 1.165) is 0 Å². The zero-order chi connectivity index (χ0) is 20.4. The smallest absolute Gasteiger partial charge is 0.255 e. The van der Waals surface area contributed by atoms with Gasteiger partial charge in [0.15, 0.2) is 5.82 Å². The molecule has 0 saturated carbocycles. The van der Waals surface area contributed by atoms with Crippen LogP contribution in [0.25, 0.3) is 0 Å². The van der Waals surface area contributed by atoms with Gasteiger partial charge >= 0.3 is 0 Å². The number of benzene rings is 1. The first-order chi connectivity index (χ1) is 13.3. The first kappa shape index (κ1) is 19.3. The minimum Gasteiger partial charge on any atom is -0.347 e. The van der Waals surface area contributed by atoms with Gasteiger partial charge < -0.3 is 19.7 Å². The van der Waals surface area contributed by atoms with Crippen LogP contribution in [0.4, 0.5) is 5.69 Å². The van der Waals surface area contributed by atoms with Gasteiger partial charge in [-0.2, -0.15) is 0 Å². The molecule has 9 nitrogen and oxygen atoms in total. The molecule has 9 heteroatoms. The number of amides is 3. The Bertz CT molecular complexity index is 932. The second kappa shape index (κ2) is 7.63. The fourth-order valence-corrected chi connectivity index (χ4v) is 3.09. The van der Waals surface area contributed by atoms with Gasteiger partial charge in [0.1, 0.15) is 11.9 Å². The number of carbonyl (C=O) groups excluding carboxylic acids is 3. The minimum absolute atomic E-state index is 0.165. The maximum Gasteiger partial charge on any atom is 0.255 e. The van der Waals surface area contributed by atoms with E-state index in [1.54, 1.807) is 38.4 Å². The predicted octanol–water partition coefficient (Wildman–Crippen LogP) is 0.824. The van der Waals surface area contributed by atoms with Crippen LogP contribution >= 0.6 is 0 Å². The van der Waals surface area contributed by atoms with Gasteiger partial charge in [-0.3, -0.25) is 14.4 Å². The Morgan fingerprint density at radius 1 is 1.21 bits per heavy atom. The molecule has 1 atom stereocenters. The molecule has 146 valence electrons. The highest BCUT2D eigenvalue weighted by Crippen LogP contribution is 2.22. The summed E-state index contributed by atoms with van der Waals surface area (Å²) >= 11 is 0. The lowest BCUT2D eigenvalue weighted by atomic mass is 10.1. The molecule has 3 amide bonds. The number of hydrogen-bond acceptors (Lipinski definition) is 5. The van der Waals surface area contributed by atoms with Gasteiger partial charge in [-0.05, 0) is 37.3 Å². The Kier molecular flexibility index (Phi) is 5.25. The fraction of sp³-hybridized carbons (Fsp3) is 0.316. The summed E-state index contributed by atoms with van der Waals surface area (Å²) in [5.41, 5.74) is 0.967. The molecule has 0 saturated heterocycles. The van der Waals surface area contributed by atoms with Gasteiger partial charge in [0, 0.05) is 25.3 Å². The maximum absolute atomic E-state index is 13.1. The second-order valence-electron chi connectivity index (χ2n) is 6.73. The van der Waals surface area contributed by atoms with Crippen molar-refractivity contribution < 1.29 is 14.4 Å². The molecular formula is C19H22N6O3. The molecule has 3 rings (SSSR count). The van der Waals surface area contributed by atoms with Crippen molar-refractivity contribution in [1.29, 1.82) is 0 Å². The number of aryl methyl sites for hydroxylation is 1. The van der Waals surface area contributed by atoms with Gasteiger partial charge in [-0.15, -0.1) is 10.2 Å². The van der Waals surface area contributed by atoms with E-state index in [9.17, 15) is 14.4 Å². The van der Waals surface area contributed by atoms with E-state index in [-0.39, 0.29) is 24.3 Å². The van der Waals surface area contributed by atoms with Gasteiger partial charge in [0.25, 0.3) is 5.91 Å². The van der Waals surface area contributed by atoms with Crippen LogP contribution in [0.15, 0.2) is 36.9 Å². The summed E-state index contributed by atoms with van der Waals surface area (Å²) in [5.74, 6) is 0.571. The number of likely N-dealkylation sites (N-methyl/N-ethyl adjacent to an activating group) is 1. The maximum atomic E-state index is 13.1. The third kappa shape index (κ3) is 3.64. The highest BCUT2D eigenvalue weighted by molar-refractivity contribution is 6.00. The van der Waals surface area contributed by atoms with Gasteiger partial charge in [0.2, 0.25) is 11.8 Å². The van der Waals surface area contributed by atoms with E-state index < -0.39 is 6.04 Å². The quantitative estimate of drug-likeness (QED) is 0.789. The molecule has 2 heterocycles. The van der Waals surface area contributed by atoms with E-state index >= 15 is 0 Å². The van der Waals surface area contributed by atoms with Gasteiger partial charge in [0.05, 0.1) is 13.1 Å². The van der Waals surface area contributed by atoms with Crippen molar-refractivity contribution in [2.75, 3.05) is 19.4 Å². The first-order valence-corrected chi connectivity index (χ1v) is 8.76. The zero-order valence-electron chi connectivity index (χ0n) is 16.0. The molecule has 0 radical (unpaired) electrons. The van der Waals surface area contributed by atoms with E-state index in [1.165, 1.54) is 15.9 Å². The third-order valence-corrected chi connectivity index (χ3v) is 4.63. The SMILES string of the molecule is C=CC(=O)Nc1ccc(C(=O)N2Cc3nnc(C)n3CC2C(=O)N(C)C)cc1. The number of aromatic nitrogens is 3. The van der Waals surface area contributed by atoms with Crippen LogP contribution in [0.3, 0.4) is 0 Å². The van der Waals surface area contributed by atoms with Crippen molar-refractivity contribution in [2.24, 2.45) is 0 Å². The Morgan fingerprint density at radius 2 is 1.89 bits per heavy atom. The first-order valence-electron chi connectivity index (χ1n) is 8.76. The topological polar surface area (TPSA) is 100 Å². The Morgan fingerprint density at radius 3 is 2.50 bits per heavy atom. The summed E-state index contributed by atoms with van der Waals surface area (Å²) in [5, 5.41) is 10.8. The van der Waals surface area contributed by atoms with Crippen molar-refractivity contribution in [3.8, 4) is 0 Å². The monoisotopic (exact) mass is 382 g/mol. The molecule has 0 spiro atoms. The standard InChI is InChI=1S/C19H22N6O3/c1-5-17(26)20-14-8-6-13(7-9-14)18(27)25-11-16-22-21-12(2)24(16)10-15(25)19(28)23(3)4/h5-9,15H,1,10-11H2,2-4H3,(H,20,26). The van der Waals surface area contributed by atoms with Crippen LogP contribution < -0.4 is 5.32 Å². The second-order valence-corrected chi connectivity index (χ2v) is 6.73. The zero-order valence-corrected chi connectivity index (χ0v) is 16.0.